The molecule has 0 aromatic heterocycles. The zero-order chi connectivity index (χ0) is 15.5. The summed E-state index contributed by atoms with van der Waals surface area (Å²) in [6, 6.07) is 9.89. The van der Waals surface area contributed by atoms with Crippen molar-refractivity contribution in [1.82, 2.24) is 0 Å². The maximum atomic E-state index is 6.41. The first kappa shape index (κ1) is 16.0. The first-order valence-electron chi connectivity index (χ1n) is 6.34. The largest absolute Gasteiger partial charge is 0.339 e. The van der Waals surface area contributed by atoms with Crippen molar-refractivity contribution in [2.45, 2.75) is 0 Å². The van der Waals surface area contributed by atoms with Crippen molar-refractivity contribution in [1.29, 1.82) is 0 Å². The maximum absolute atomic E-state index is 6.41. The predicted octanol–water partition coefficient (Wildman–Crippen LogP) is 3.93. The molecule has 0 amide bonds. The number of nitrogens with one attached hydrogen (secondary N) is 1. The van der Waals surface area contributed by atoms with Crippen LogP contribution in [0.4, 0.5) is 5.69 Å². The monoisotopic (exact) mass is 380 g/mol. The van der Waals surface area contributed by atoms with Crippen LogP contribution in [0.15, 0.2) is 53.3 Å². The standard InChI is InChI=1S/C15H12N2S5/c16-15(17-10-4-2-1-3-5-10)22(13-11(18)6-8-20-13)14-12(19)7-9-21-14/h1-9,17H,16H2. The van der Waals surface area contributed by atoms with Gasteiger partial charge >= 0.3 is 0 Å². The zero-order valence-electron chi connectivity index (χ0n) is 11.3. The van der Waals surface area contributed by atoms with E-state index in [2.05, 4.69) is 5.32 Å². The number of nitrogens with two attached hydrogens (primary N) is 1. The summed E-state index contributed by atoms with van der Waals surface area (Å²) in [6.45, 7) is 0. The highest BCUT2D eigenvalue weighted by atomic mass is 32.2. The third-order valence-electron chi connectivity index (χ3n) is 2.82. The van der Waals surface area contributed by atoms with E-state index in [1.54, 1.807) is 23.5 Å². The molecule has 2 aliphatic rings. The van der Waals surface area contributed by atoms with Gasteiger partial charge in [-0.1, -0.05) is 66.2 Å². The van der Waals surface area contributed by atoms with E-state index in [-0.39, 0.29) is 0 Å². The molecule has 0 saturated heterocycles. The number of thiocarbonyl (C=S) groups is 2. The molecule has 112 valence electrons. The Balaban J connectivity index is 2.21. The van der Waals surface area contributed by atoms with Gasteiger partial charge in [-0.25, -0.2) is 0 Å². The van der Waals surface area contributed by atoms with Gasteiger partial charge in [-0.05, 0) is 35.1 Å². The number of benzene rings is 1. The van der Waals surface area contributed by atoms with Crippen molar-refractivity contribution >= 4 is 86.5 Å². The van der Waals surface area contributed by atoms with Gasteiger partial charge in [0, 0.05) is 5.69 Å². The highest BCUT2D eigenvalue weighted by Crippen LogP contribution is 2.27. The highest BCUT2D eigenvalue weighted by molar-refractivity contribution is 8.45. The molecule has 0 fully saturated rings. The molecular formula is C15H12N2S5. The molecule has 22 heavy (non-hydrogen) atoms. The summed E-state index contributed by atoms with van der Waals surface area (Å²) in [5.41, 5.74) is 7.37. The Kier molecular flexibility index (Phi) is 5.22. The van der Waals surface area contributed by atoms with E-state index < -0.39 is 9.66 Å². The van der Waals surface area contributed by atoms with Crippen molar-refractivity contribution in [2.75, 3.05) is 5.32 Å². The summed E-state index contributed by atoms with van der Waals surface area (Å²) in [5, 5.41) is 7.98. The average Bonchev–Trinajstić information content (AvgIpc) is 3.11. The van der Waals surface area contributed by atoms with E-state index in [1.807, 2.05) is 53.3 Å². The molecule has 1 aromatic carbocycles. The van der Waals surface area contributed by atoms with E-state index in [0.29, 0.717) is 5.11 Å². The van der Waals surface area contributed by atoms with E-state index in [9.17, 15) is 0 Å². The number of hydrogen-bond donors (Lipinski definition) is 2. The summed E-state index contributed by atoms with van der Waals surface area (Å²) < 4.78 is 2.17. The van der Waals surface area contributed by atoms with Crippen LogP contribution in [0.3, 0.4) is 0 Å². The van der Waals surface area contributed by atoms with Gasteiger partial charge in [-0.3, -0.25) is 5.73 Å². The molecule has 1 aromatic rings. The van der Waals surface area contributed by atoms with E-state index in [4.69, 9.17) is 30.2 Å². The van der Waals surface area contributed by atoms with Crippen LogP contribution in [0.1, 0.15) is 0 Å². The second-order valence-corrected chi connectivity index (χ2v) is 9.40. The molecule has 2 heterocycles. The van der Waals surface area contributed by atoms with Crippen LogP contribution in [-0.4, -0.2) is 23.2 Å². The summed E-state index contributed by atoms with van der Waals surface area (Å²) in [7, 11) is -0.445. The second-order valence-electron chi connectivity index (χ2n) is 4.31. The van der Waals surface area contributed by atoms with Gasteiger partial charge < -0.3 is 5.32 Å². The van der Waals surface area contributed by atoms with Crippen molar-refractivity contribution in [3.05, 3.63) is 53.3 Å². The summed E-state index contributed by atoms with van der Waals surface area (Å²) in [5.74, 6) is 0. The molecule has 3 N–H and O–H groups in total. The summed E-state index contributed by atoms with van der Waals surface area (Å²) >= 11 is 14.2. The highest BCUT2D eigenvalue weighted by Gasteiger charge is 2.15. The molecule has 3 rings (SSSR count). The Bertz CT molecular complexity index is 816. The zero-order valence-corrected chi connectivity index (χ0v) is 15.4. The van der Waals surface area contributed by atoms with Gasteiger partial charge in [0.05, 0.1) is 18.1 Å². The Morgan fingerprint density at radius 2 is 1.50 bits per heavy atom. The van der Waals surface area contributed by atoms with Gasteiger partial charge in [0.25, 0.3) is 0 Å². The lowest BCUT2D eigenvalue weighted by atomic mass is 10.3. The van der Waals surface area contributed by atoms with Gasteiger partial charge in [-0.15, -0.1) is 9.66 Å². The Hall–Kier alpha value is -0.830. The number of rotatable bonds is 1. The minimum atomic E-state index is -0.445. The lowest BCUT2D eigenvalue weighted by molar-refractivity contribution is 1.61. The average molecular weight is 381 g/mol. The van der Waals surface area contributed by atoms with Crippen LogP contribution < -0.4 is 11.1 Å². The van der Waals surface area contributed by atoms with Gasteiger partial charge in [-0.2, -0.15) is 0 Å². The molecule has 0 atom stereocenters. The first-order chi connectivity index (χ1) is 10.7. The molecule has 7 heteroatoms. The van der Waals surface area contributed by atoms with Crippen LogP contribution in [0, 0.1) is 0 Å². The first-order valence-corrected chi connectivity index (χ1v) is 10.1. The normalized spacial score (nSPS) is 16.6. The maximum Gasteiger partial charge on any atom is 0.129 e. The molecule has 0 bridgehead atoms. The van der Waals surface area contributed by atoms with Crippen LogP contribution in [0.25, 0.3) is 0 Å². The number of anilines is 1. The van der Waals surface area contributed by atoms with Crippen LogP contribution in [-0.2, 0) is 0 Å². The fourth-order valence-electron chi connectivity index (χ4n) is 1.86. The van der Waals surface area contributed by atoms with Crippen molar-refractivity contribution in [3.8, 4) is 0 Å². The lowest BCUT2D eigenvalue weighted by Gasteiger charge is -2.08. The Morgan fingerprint density at radius 1 is 0.955 bits per heavy atom. The molecule has 0 unspecified atom stereocenters. The fraction of sp³-hybridized carbons (Fsp3) is 0. The quantitative estimate of drug-likeness (QED) is 0.719. The van der Waals surface area contributed by atoms with E-state index in [0.717, 1.165) is 23.8 Å². The van der Waals surface area contributed by atoms with Gasteiger partial charge in [0.1, 0.15) is 5.11 Å². The number of thioether (sulfide) groups is 2. The number of para-hydroxylation sites is 1. The second kappa shape index (κ2) is 7.16. The smallest absolute Gasteiger partial charge is 0.129 e. The fourth-order valence-corrected chi connectivity index (χ4v) is 7.61. The molecule has 0 radical (unpaired) electrons. The third kappa shape index (κ3) is 3.40. The molecule has 0 saturated carbocycles. The molecule has 0 aliphatic carbocycles. The summed E-state index contributed by atoms with van der Waals surface area (Å²) in [6.07, 6.45) is 3.89. The van der Waals surface area contributed by atoms with Gasteiger partial charge in [0.15, 0.2) is 0 Å². The minimum absolute atomic E-state index is 0.445. The van der Waals surface area contributed by atoms with Crippen molar-refractivity contribution < 1.29 is 0 Å². The van der Waals surface area contributed by atoms with Crippen LogP contribution >= 0.6 is 57.6 Å². The SMILES string of the molecule is NC(Nc1ccccc1)=S(=C1SC=CC1=S)=C1SC=CC1=S. The lowest BCUT2D eigenvalue weighted by Crippen LogP contribution is -2.22. The van der Waals surface area contributed by atoms with Gasteiger partial charge in [0.2, 0.25) is 0 Å². The van der Waals surface area contributed by atoms with Crippen LogP contribution in [0.2, 0.25) is 0 Å². The van der Waals surface area contributed by atoms with E-state index in [1.165, 1.54) is 0 Å². The minimum Gasteiger partial charge on any atom is -0.339 e. The van der Waals surface area contributed by atoms with Crippen LogP contribution in [0.5, 0.6) is 0 Å². The predicted molar refractivity (Wildman–Crippen MR) is 116 cm³/mol. The third-order valence-corrected chi connectivity index (χ3v) is 8.73. The topological polar surface area (TPSA) is 38.0 Å². The molecule has 2 nitrogen and oxygen atoms in total. The van der Waals surface area contributed by atoms with Crippen molar-refractivity contribution in [2.24, 2.45) is 5.73 Å². The Labute approximate surface area is 150 Å². The molecular weight excluding hydrogens is 369 g/mol. The van der Waals surface area contributed by atoms with E-state index >= 15 is 0 Å². The number of allylic oxidation sites excluding steroid dienone is 2. The van der Waals surface area contributed by atoms with Crippen molar-refractivity contribution in [3.63, 3.8) is 0 Å². The summed E-state index contributed by atoms with van der Waals surface area (Å²) in [4.78, 5) is 1.68. The molecule has 0 spiro atoms. The number of hydrogen-bond acceptors (Lipinski definition) is 4. The molecule has 2 aliphatic heterocycles. The Morgan fingerprint density at radius 3 is 1.95 bits per heavy atom.